The maximum Gasteiger partial charge on any atom is 0.248 e. The van der Waals surface area contributed by atoms with E-state index in [1.807, 2.05) is 0 Å². The molecule has 3 aromatic carbocycles. The number of benzene rings is 3. The molecule has 0 aliphatic carbocycles. The molecule has 0 atom stereocenters. The lowest BCUT2D eigenvalue weighted by Gasteiger charge is -2.07. The molecule has 0 radical (unpaired) electrons. The maximum atomic E-state index is 11.9. The van der Waals surface area contributed by atoms with E-state index >= 15 is 0 Å². The minimum absolute atomic E-state index is 0.0377. The van der Waals surface area contributed by atoms with Crippen molar-refractivity contribution in [3.63, 3.8) is 0 Å². The molecule has 9 heteroatoms. The van der Waals surface area contributed by atoms with Crippen LogP contribution in [0.1, 0.15) is 21.5 Å². The first kappa shape index (κ1) is 23.7. The number of hydrogen-bond donors (Lipinski definition) is 5. The second kappa shape index (κ2) is 11.0. The SMILES string of the molecule is N=Cc1ccc(NC(=O)Cc2ccc(Cl)cc2)cc1O.NC(=O)c1ccc(O)c(Cl)c1. The van der Waals surface area contributed by atoms with Crippen LogP contribution in [-0.2, 0) is 11.2 Å². The first-order chi connectivity index (χ1) is 14.7. The fourth-order valence-electron chi connectivity index (χ4n) is 2.40. The lowest BCUT2D eigenvalue weighted by atomic mass is 10.1. The first-order valence-electron chi connectivity index (χ1n) is 8.85. The summed E-state index contributed by atoms with van der Waals surface area (Å²) in [6, 6.07) is 15.7. The number of rotatable bonds is 5. The molecule has 0 aliphatic heterocycles. The van der Waals surface area contributed by atoms with Crippen molar-refractivity contribution in [1.29, 1.82) is 5.41 Å². The Kier molecular flexibility index (Phi) is 8.43. The van der Waals surface area contributed by atoms with Crippen molar-refractivity contribution < 1.29 is 19.8 Å². The summed E-state index contributed by atoms with van der Waals surface area (Å²) < 4.78 is 0. The van der Waals surface area contributed by atoms with Crippen LogP contribution in [0, 0.1) is 5.41 Å². The van der Waals surface area contributed by atoms with Gasteiger partial charge in [0.25, 0.3) is 0 Å². The Balaban J connectivity index is 0.000000262. The number of carbonyl (C=O) groups is 2. The molecule has 0 fully saturated rings. The summed E-state index contributed by atoms with van der Waals surface area (Å²) in [5.41, 5.74) is 6.99. The predicted octanol–water partition coefficient (Wildman–Crippen LogP) is 4.37. The number of phenolic OH excluding ortho intramolecular Hbond substituents is 2. The number of halogens is 2. The highest BCUT2D eigenvalue weighted by atomic mass is 35.5. The molecule has 7 nitrogen and oxygen atoms in total. The molecule has 2 amide bonds. The third-order valence-electron chi connectivity index (χ3n) is 3.98. The average Bonchev–Trinajstić information content (AvgIpc) is 2.72. The number of anilines is 1. The van der Waals surface area contributed by atoms with Crippen LogP contribution in [0.4, 0.5) is 5.69 Å². The summed E-state index contributed by atoms with van der Waals surface area (Å²) in [5.74, 6) is -0.845. The van der Waals surface area contributed by atoms with Gasteiger partial charge in [0.15, 0.2) is 0 Å². The van der Waals surface area contributed by atoms with E-state index in [2.05, 4.69) is 5.32 Å². The van der Waals surface area contributed by atoms with E-state index < -0.39 is 5.91 Å². The van der Waals surface area contributed by atoms with Gasteiger partial charge in [-0.2, -0.15) is 0 Å². The molecular weight excluding hydrogens is 441 g/mol. The summed E-state index contributed by atoms with van der Waals surface area (Å²) in [5, 5.41) is 29.1. The number of hydrogen-bond acceptors (Lipinski definition) is 5. The third kappa shape index (κ3) is 7.33. The molecule has 160 valence electrons. The van der Waals surface area contributed by atoms with E-state index in [9.17, 15) is 14.7 Å². The zero-order chi connectivity index (χ0) is 23.0. The van der Waals surface area contributed by atoms with Crippen LogP contribution in [-0.4, -0.2) is 28.2 Å². The van der Waals surface area contributed by atoms with E-state index in [0.717, 1.165) is 11.8 Å². The van der Waals surface area contributed by atoms with Crippen LogP contribution in [0.2, 0.25) is 10.0 Å². The molecule has 0 saturated heterocycles. The number of nitrogens with one attached hydrogen (secondary N) is 2. The lowest BCUT2D eigenvalue weighted by molar-refractivity contribution is -0.115. The van der Waals surface area contributed by atoms with E-state index in [0.29, 0.717) is 16.3 Å². The van der Waals surface area contributed by atoms with Gasteiger partial charge in [-0.05, 0) is 48.0 Å². The molecule has 0 bridgehead atoms. The molecule has 3 rings (SSSR count). The van der Waals surface area contributed by atoms with E-state index in [1.54, 1.807) is 36.4 Å². The molecule has 3 aromatic rings. The summed E-state index contributed by atoms with van der Waals surface area (Å²) >= 11 is 11.3. The maximum absolute atomic E-state index is 11.9. The Hall–Kier alpha value is -3.55. The summed E-state index contributed by atoms with van der Waals surface area (Å²) in [6.07, 6.45) is 1.28. The number of carbonyl (C=O) groups excluding carboxylic acids is 2. The third-order valence-corrected chi connectivity index (χ3v) is 4.53. The number of phenols is 2. The van der Waals surface area contributed by atoms with Gasteiger partial charge in [0, 0.05) is 34.1 Å². The summed E-state index contributed by atoms with van der Waals surface area (Å²) in [6.45, 7) is 0. The highest BCUT2D eigenvalue weighted by Gasteiger charge is 2.06. The number of aromatic hydroxyl groups is 2. The quantitative estimate of drug-likeness (QED) is 0.361. The topological polar surface area (TPSA) is 136 Å². The number of amides is 2. The molecular formula is C22H19Cl2N3O4. The van der Waals surface area contributed by atoms with Gasteiger partial charge in [-0.3, -0.25) is 9.59 Å². The van der Waals surface area contributed by atoms with Gasteiger partial charge in [-0.15, -0.1) is 0 Å². The fraction of sp³-hybridized carbons (Fsp3) is 0.0455. The van der Waals surface area contributed by atoms with Crippen LogP contribution >= 0.6 is 23.2 Å². The van der Waals surface area contributed by atoms with E-state index in [-0.39, 0.29) is 34.4 Å². The highest BCUT2D eigenvalue weighted by molar-refractivity contribution is 6.32. The van der Waals surface area contributed by atoms with Crippen LogP contribution in [0.15, 0.2) is 60.7 Å². The normalized spacial score (nSPS) is 9.87. The zero-order valence-electron chi connectivity index (χ0n) is 16.1. The minimum Gasteiger partial charge on any atom is -0.507 e. The first-order valence-corrected chi connectivity index (χ1v) is 9.61. The second-order valence-electron chi connectivity index (χ2n) is 6.30. The highest BCUT2D eigenvalue weighted by Crippen LogP contribution is 2.23. The van der Waals surface area contributed by atoms with Crippen LogP contribution < -0.4 is 11.1 Å². The van der Waals surface area contributed by atoms with Crippen molar-refractivity contribution in [1.82, 2.24) is 0 Å². The molecule has 31 heavy (non-hydrogen) atoms. The average molecular weight is 460 g/mol. The van der Waals surface area contributed by atoms with Gasteiger partial charge < -0.3 is 26.7 Å². The lowest BCUT2D eigenvalue weighted by Crippen LogP contribution is -2.14. The van der Waals surface area contributed by atoms with Gasteiger partial charge in [-0.1, -0.05) is 35.3 Å². The van der Waals surface area contributed by atoms with Crippen LogP contribution in [0.3, 0.4) is 0 Å². The van der Waals surface area contributed by atoms with Crippen LogP contribution in [0.25, 0.3) is 0 Å². The Morgan fingerprint density at radius 3 is 2.19 bits per heavy atom. The summed E-state index contributed by atoms with van der Waals surface area (Å²) in [4.78, 5) is 22.4. The Morgan fingerprint density at radius 1 is 0.968 bits per heavy atom. The molecule has 0 heterocycles. The van der Waals surface area contributed by atoms with Crippen LogP contribution in [0.5, 0.6) is 11.5 Å². The van der Waals surface area contributed by atoms with Crippen molar-refractivity contribution in [2.45, 2.75) is 6.42 Å². The molecule has 6 N–H and O–H groups in total. The van der Waals surface area contributed by atoms with Crippen molar-refractivity contribution in [3.05, 3.63) is 87.4 Å². The van der Waals surface area contributed by atoms with E-state index in [1.165, 1.54) is 24.3 Å². The number of primary amides is 1. The summed E-state index contributed by atoms with van der Waals surface area (Å²) in [7, 11) is 0. The minimum atomic E-state index is -0.563. The monoisotopic (exact) mass is 459 g/mol. The fourth-order valence-corrected chi connectivity index (χ4v) is 2.70. The molecule has 0 aromatic heterocycles. The van der Waals surface area contributed by atoms with Gasteiger partial charge in [0.1, 0.15) is 11.5 Å². The van der Waals surface area contributed by atoms with Crippen molar-refractivity contribution in [3.8, 4) is 11.5 Å². The molecule has 0 saturated carbocycles. The Labute approximate surface area is 188 Å². The molecule has 0 aliphatic rings. The van der Waals surface area contributed by atoms with Crippen molar-refractivity contribution in [2.75, 3.05) is 5.32 Å². The Bertz CT molecular complexity index is 1100. The van der Waals surface area contributed by atoms with Crippen molar-refractivity contribution in [2.24, 2.45) is 5.73 Å². The Morgan fingerprint density at radius 2 is 1.65 bits per heavy atom. The van der Waals surface area contributed by atoms with Gasteiger partial charge >= 0.3 is 0 Å². The van der Waals surface area contributed by atoms with Gasteiger partial charge in [-0.25, -0.2) is 0 Å². The predicted molar refractivity (Wildman–Crippen MR) is 121 cm³/mol. The molecule has 0 unspecified atom stereocenters. The van der Waals surface area contributed by atoms with Gasteiger partial charge in [0.05, 0.1) is 11.4 Å². The standard InChI is InChI=1S/C15H13ClN2O2.C7H6ClNO2/c16-12-4-1-10(2-5-12)7-15(20)18-13-6-3-11(9-17)14(19)8-13;8-5-3-4(7(9)11)1-2-6(5)10/h1-6,8-9,17,19H,7H2,(H,18,20);1-3,10H,(H2,9,11). The second-order valence-corrected chi connectivity index (χ2v) is 7.14. The molecule has 0 spiro atoms. The number of nitrogens with two attached hydrogens (primary N) is 1. The van der Waals surface area contributed by atoms with Gasteiger partial charge in [0.2, 0.25) is 11.8 Å². The largest absolute Gasteiger partial charge is 0.507 e. The van der Waals surface area contributed by atoms with Crippen molar-refractivity contribution >= 4 is 46.9 Å². The smallest absolute Gasteiger partial charge is 0.248 e. The van der Waals surface area contributed by atoms with E-state index in [4.69, 9.17) is 39.5 Å². The zero-order valence-corrected chi connectivity index (χ0v) is 17.6.